The van der Waals surface area contributed by atoms with Crippen molar-refractivity contribution in [1.29, 1.82) is 0 Å². The van der Waals surface area contributed by atoms with Gasteiger partial charge in [-0.3, -0.25) is 0 Å². The Morgan fingerprint density at radius 1 is 0.792 bits per heavy atom. The Hall–Kier alpha value is -2.74. The first-order valence-electron chi connectivity index (χ1n) is 8.43. The van der Waals surface area contributed by atoms with E-state index < -0.39 is 0 Å². The van der Waals surface area contributed by atoms with Crippen LogP contribution < -0.4 is 10.5 Å². The van der Waals surface area contributed by atoms with Crippen LogP contribution in [0.15, 0.2) is 72.8 Å². The van der Waals surface area contributed by atoms with E-state index in [0.29, 0.717) is 6.61 Å². The number of hydrogen-bond donors (Lipinski definition) is 1. The van der Waals surface area contributed by atoms with Crippen molar-refractivity contribution in [2.45, 2.75) is 26.4 Å². The molecule has 3 aromatic carbocycles. The number of ether oxygens (including phenoxy) is 1. The Labute approximate surface area is 143 Å². The third kappa shape index (κ3) is 3.60. The smallest absolute Gasteiger partial charge is 0.127 e. The molecule has 0 aliphatic carbocycles. The molecule has 0 aliphatic heterocycles. The van der Waals surface area contributed by atoms with Gasteiger partial charge in [0.25, 0.3) is 0 Å². The van der Waals surface area contributed by atoms with Crippen LogP contribution in [0.2, 0.25) is 0 Å². The largest absolute Gasteiger partial charge is 0.488 e. The summed E-state index contributed by atoms with van der Waals surface area (Å²) in [5.41, 5.74) is 11.7. The van der Waals surface area contributed by atoms with E-state index in [2.05, 4.69) is 31.2 Å². The van der Waals surface area contributed by atoms with E-state index in [1.54, 1.807) is 0 Å². The van der Waals surface area contributed by atoms with Gasteiger partial charge in [-0.2, -0.15) is 0 Å². The summed E-state index contributed by atoms with van der Waals surface area (Å²) >= 11 is 0. The molecule has 0 bridgehead atoms. The fourth-order valence-electron chi connectivity index (χ4n) is 2.94. The highest BCUT2D eigenvalue weighted by Crippen LogP contribution is 2.35. The van der Waals surface area contributed by atoms with Crippen LogP contribution in [-0.2, 0) is 13.0 Å². The first-order chi connectivity index (χ1) is 11.8. The van der Waals surface area contributed by atoms with Crippen LogP contribution in [0.1, 0.15) is 24.5 Å². The zero-order valence-electron chi connectivity index (χ0n) is 14.0. The summed E-state index contributed by atoms with van der Waals surface area (Å²) in [7, 11) is 0. The normalized spacial score (nSPS) is 10.5. The summed E-state index contributed by atoms with van der Waals surface area (Å²) in [6.07, 6.45) is 2.03. The lowest BCUT2D eigenvalue weighted by molar-refractivity contribution is 0.307. The average Bonchev–Trinajstić information content (AvgIpc) is 2.63. The molecule has 0 radical (unpaired) electrons. The molecular formula is C22H23NO. The number of para-hydroxylation sites is 1. The molecule has 0 fully saturated rings. The minimum Gasteiger partial charge on any atom is -0.488 e. The number of benzene rings is 3. The van der Waals surface area contributed by atoms with Crippen LogP contribution in [-0.4, -0.2) is 0 Å². The molecule has 0 amide bonds. The number of nitrogen functional groups attached to an aromatic ring is 1. The van der Waals surface area contributed by atoms with Crippen molar-refractivity contribution in [3.05, 3.63) is 83.9 Å². The van der Waals surface area contributed by atoms with Gasteiger partial charge in [0.2, 0.25) is 0 Å². The molecule has 2 N–H and O–H groups in total. The van der Waals surface area contributed by atoms with E-state index in [1.165, 1.54) is 11.1 Å². The number of rotatable bonds is 6. The molecule has 3 aromatic rings. The minimum atomic E-state index is 0.559. The van der Waals surface area contributed by atoms with E-state index >= 15 is 0 Å². The third-order valence-corrected chi connectivity index (χ3v) is 4.13. The predicted molar refractivity (Wildman–Crippen MR) is 101 cm³/mol. The summed E-state index contributed by atoms with van der Waals surface area (Å²) in [5.74, 6) is 0.893. The first kappa shape index (κ1) is 16.1. The molecule has 0 aliphatic rings. The molecule has 3 rings (SSSR count). The lowest BCUT2D eigenvalue weighted by atomic mass is 9.95. The fourth-order valence-corrected chi connectivity index (χ4v) is 2.94. The molecule has 0 saturated heterocycles. The van der Waals surface area contributed by atoms with E-state index in [9.17, 15) is 0 Å². The van der Waals surface area contributed by atoms with Gasteiger partial charge in [0.15, 0.2) is 0 Å². The Kier molecular flexibility index (Phi) is 5.17. The summed E-state index contributed by atoms with van der Waals surface area (Å²) in [6, 6.07) is 24.5. The summed E-state index contributed by atoms with van der Waals surface area (Å²) in [5, 5.41) is 0. The highest BCUT2D eigenvalue weighted by Gasteiger charge is 2.12. The van der Waals surface area contributed by atoms with Crippen molar-refractivity contribution >= 4 is 5.69 Å². The molecule has 0 aromatic heterocycles. The topological polar surface area (TPSA) is 35.2 Å². The van der Waals surface area contributed by atoms with Gasteiger partial charge in [0.1, 0.15) is 12.4 Å². The van der Waals surface area contributed by atoms with Crippen LogP contribution in [0.5, 0.6) is 5.75 Å². The molecule has 2 heteroatoms. The van der Waals surface area contributed by atoms with Crippen LogP contribution in [0, 0.1) is 0 Å². The molecule has 0 saturated carbocycles. The van der Waals surface area contributed by atoms with Crippen molar-refractivity contribution < 1.29 is 4.74 Å². The van der Waals surface area contributed by atoms with E-state index in [0.717, 1.165) is 35.4 Å². The molecular weight excluding hydrogens is 294 g/mol. The molecule has 0 atom stereocenters. The summed E-state index contributed by atoms with van der Waals surface area (Å²) in [6.45, 7) is 2.73. The zero-order valence-corrected chi connectivity index (χ0v) is 14.0. The quantitative estimate of drug-likeness (QED) is 0.612. The maximum atomic E-state index is 6.22. The monoisotopic (exact) mass is 317 g/mol. The first-order valence-corrected chi connectivity index (χ1v) is 8.43. The highest BCUT2D eigenvalue weighted by molar-refractivity contribution is 5.77. The standard InChI is InChI=1S/C22H23NO/c1-2-9-19-18(13-8-14-21(19)23)20-12-6-7-15-22(20)24-16-17-10-4-3-5-11-17/h3-8,10-15H,2,9,16,23H2,1H3. The Balaban J connectivity index is 1.94. The van der Waals surface area contributed by atoms with Gasteiger partial charge in [-0.05, 0) is 35.2 Å². The van der Waals surface area contributed by atoms with Crippen LogP contribution in [0.25, 0.3) is 11.1 Å². The number of anilines is 1. The zero-order chi connectivity index (χ0) is 16.8. The Morgan fingerprint density at radius 3 is 2.29 bits per heavy atom. The second-order valence-corrected chi connectivity index (χ2v) is 5.89. The lowest BCUT2D eigenvalue weighted by Gasteiger charge is -2.16. The molecule has 0 spiro atoms. The van der Waals surface area contributed by atoms with Gasteiger partial charge in [-0.25, -0.2) is 0 Å². The predicted octanol–water partition coefficient (Wildman–Crippen LogP) is 5.47. The van der Waals surface area contributed by atoms with Gasteiger partial charge < -0.3 is 10.5 Å². The Morgan fingerprint density at radius 2 is 1.50 bits per heavy atom. The van der Waals surface area contributed by atoms with Gasteiger partial charge in [0, 0.05) is 11.3 Å². The van der Waals surface area contributed by atoms with Crippen molar-refractivity contribution in [2.75, 3.05) is 5.73 Å². The second kappa shape index (κ2) is 7.69. The lowest BCUT2D eigenvalue weighted by Crippen LogP contribution is -2.00. The maximum Gasteiger partial charge on any atom is 0.127 e. The molecule has 2 nitrogen and oxygen atoms in total. The van der Waals surface area contributed by atoms with E-state index in [4.69, 9.17) is 10.5 Å². The van der Waals surface area contributed by atoms with Gasteiger partial charge in [0.05, 0.1) is 0 Å². The van der Waals surface area contributed by atoms with Crippen molar-refractivity contribution in [3.8, 4) is 16.9 Å². The SMILES string of the molecule is CCCc1c(N)cccc1-c1ccccc1OCc1ccccc1. The molecule has 0 heterocycles. The summed E-state index contributed by atoms with van der Waals surface area (Å²) in [4.78, 5) is 0. The molecule has 0 unspecified atom stereocenters. The minimum absolute atomic E-state index is 0.559. The van der Waals surface area contributed by atoms with Gasteiger partial charge in [-0.15, -0.1) is 0 Å². The molecule has 122 valence electrons. The third-order valence-electron chi connectivity index (χ3n) is 4.13. The summed E-state index contributed by atoms with van der Waals surface area (Å²) < 4.78 is 6.11. The van der Waals surface area contributed by atoms with Gasteiger partial charge in [-0.1, -0.05) is 74.0 Å². The molecule has 24 heavy (non-hydrogen) atoms. The Bertz CT molecular complexity index is 796. The average molecular weight is 317 g/mol. The van der Waals surface area contributed by atoms with Crippen molar-refractivity contribution in [2.24, 2.45) is 0 Å². The van der Waals surface area contributed by atoms with Gasteiger partial charge >= 0.3 is 0 Å². The number of nitrogens with two attached hydrogens (primary N) is 1. The fraction of sp³-hybridized carbons (Fsp3) is 0.182. The second-order valence-electron chi connectivity index (χ2n) is 5.89. The van der Waals surface area contributed by atoms with Crippen LogP contribution in [0.3, 0.4) is 0 Å². The van der Waals surface area contributed by atoms with Crippen molar-refractivity contribution in [3.63, 3.8) is 0 Å². The van der Waals surface area contributed by atoms with Crippen LogP contribution in [0.4, 0.5) is 5.69 Å². The highest BCUT2D eigenvalue weighted by atomic mass is 16.5. The maximum absolute atomic E-state index is 6.22. The van der Waals surface area contributed by atoms with Crippen molar-refractivity contribution in [1.82, 2.24) is 0 Å². The van der Waals surface area contributed by atoms with E-state index in [-0.39, 0.29) is 0 Å². The van der Waals surface area contributed by atoms with E-state index in [1.807, 2.05) is 48.5 Å². The van der Waals surface area contributed by atoms with Crippen LogP contribution >= 0.6 is 0 Å². The number of hydrogen-bond acceptors (Lipinski definition) is 2.